The van der Waals surface area contributed by atoms with E-state index >= 15 is 0 Å². The predicted octanol–water partition coefficient (Wildman–Crippen LogP) is 2.41. The molecule has 3 heteroatoms. The van der Waals surface area contributed by atoms with Crippen LogP contribution in [-0.4, -0.2) is 15.8 Å². The van der Waals surface area contributed by atoms with Gasteiger partial charge in [0.15, 0.2) is 0 Å². The van der Waals surface area contributed by atoms with Crippen LogP contribution < -0.4 is 5.73 Å². The Morgan fingerprint density at radius 2 is 2.06 bits per heavy atom. The summed E-state index contributed by atoms with van der Waals surface area (Å²) >= 11 is 0. The van der Waals surface area contributed by atoms with E-state index in [2.05, 4.69) is 22.8 Å². The van der Waals surface area contributed by atoms with Crippen molar-refractivity contribution in [1.82, 2.24) is 9.78 Å². The Balaban J connectivity index is 1.95. The smallest absolute Gasteiger partial charge is 0.0596 e. The van der Waals surface area contributed by atoms with E-state index in [-0.39, 0.29) is 6.04 Å². The fraction of sp³-hybridized carbons (Fsp3) is 0.769. The van der Waals surface area contributed by atoms with Gasteiger partial charge in [-0.3, -0.25) is 4.68 Å². The molecule has 0 aromatic carbocycles. The third-order valence-corrected chi connectivity index (χ3v) is 3.74. The Hall–Kier alpha value is -0.830. The highest BCUT2D eigenvalue weighted by Gasteiger charge is 2.21. The van der Waals surface area contributed by atoms with Crippen LogP contribution >= 0.6 is 0 Å². The lowest BCUT2D eigenvalue weighted by Gasteiger charge is -2.27. The van der Waals surface area contributed by atoms with Gasteiger partial charge in [-0.15, -0.1) is 0 Å². The van der Waals surface area contributed by atoms with E-state index in [1.807, 2.05) is 6.92 Å². The molecule has 16 heavy (non-hydrogen) atoms. The molecule has 0 radical (unpaired) electrons. The fourth-order valence-corrected chi connectivity index (χ4v) is 2.77. The maximum absolute atomic E-state index is 6.30. The lowest BCUT2D eigenvalue weighted by molar-refractivity contribution is 0.278. The Labute approximate surface area is 98.0 Å². The van der Waals surface area contributed by atoms with Crippen LogP contribution in [0.25, 0.3) is 0 Å². The molecular weight excluding hydrogens is 198 g/mol. The van der Waals surface area contributed by atoms with Crippen LogP contribution in [0.15, 0.2) is 6.07 Å². The minimum atomic E-state index is 0.276. The van der Waals surface area contributed by atoms with Gasteiger partial charge in [-0.1, -0.05) is 19.3 Å². The largest absolute Gasteiger partial charge is 0.326 e. The summed E-state index contributed by atoms with van der Waals surface area (Å²) < 4.78 is 2.06. The molecule has 1 unspecified atom stereocenters. The summed E-state index contributed by atoms with van der Waals surface area (Å²) in [5.74, 6) is 0.706. The first kappa shape index (κ1) is 11.6. The second-order valence-electron chi connectivity index (χ2n) is 5.17. The summed E-state index contributed by atoms with van der Waals surface area (Å²) in [5.41, 5.74) is 8.61. The maximum atomic E-state index is 6.30. The summed E-state index contributed by atoms with van der Waals surface area (Å²) in [6, 6.07) is 2.39. The molecule has 1 atom stereocenters. The Morgan fingerprint density at radius 3 is 2.62 bits per heavy atom. The summed E-state index contributed by atoms with van der Waals surface area (Å²) in [6.45, 7) is 5.02. The van der Waals surface area contributed by atoms with Crippen LogP contribution in [-0.2, 0) is 6.54 Å². The number of aromatic nitrogens is 2. The van der Waals surface area contributed by atoms with Crippen LogP contribution in [0, 0.1) is 19.8 Å². The number of aryl methyl sites for hydroxylation is 2. The monoisotopic (exact) mass is 221 g/mol. The van der Waals surface area contributed by atoms with Gasteiger partial charge in [0.2, 0.25) is 0 Å². The lowest BCUT2D eigenvalue weighted by atomic mass is 9.84. The molecule has 1 saturated carbocycles. The van der Waals surface area contributed by atoms with E-state index in [9.17, 15) is 0 Å². The number of nitrogens with zero attached hydrogens (tertiary/aromatic N) is 2. The third kappa shape index (κ3) is 2.64. The summed E-state index contributed by atoms with van der Waals surface area (Å²) in [5, 5.41) is 4.48. The van der Waals surface area contributed by atoms with Crippen molar-refractivity contribution >= 4 is 0 Å². The molecule has 0 amide bonds. The van der Waals surface area contributed by atoms with Gasteiger partial charge >= 0.3 is 0 Å². The van der Waals surface area contributed by atoms with Gasteiger partial charge in [0.05, 0.1) is 12.2 Å². The molecule has 3 nitrogen and oxygen atoms in total. The van der Waals surface area contributed by atoms with E-state index in [1.54, 1.807) is 0 Å². The minimum absolute atomic E-state index is 0.276. The molecule has 1 aromatic heterocycles. The molecule has 0 spiro atoms. The molecule has 0 aliphatic heterocycles. The average molecular weight is 221 g/mol. The van der Waals surface area contributed by atoms with Crippen LogP contribution in [0.5, 0.6) is 0 Å². The molecular formula is C13H23N3. The molecule has 2 rings (SSSR count). The Morgan fingerprint density at radius 1 is 1.38 bits per heavy atom. The van der Waals surface area contributed by atoms with E-state index in [0.29, 0.717) is 5.92 Å². The topological polar surface area (TPSA) is 43.8 Å². The molecule has 1 heterocycles. The van der Waals surface area contributed by atoms with Crippen molar-refractivity contribution < 1.29 is 0 Å². The van der Waals surface area contributed by atoms with Crippen molar-refractivity contribution in [3.8, 4) is 0 Å². The zero-order chi connectivity index (χ0) is 11.5. The van der Waals surface area contributed by atoms with Crippen molar-refractivity contribution in [2.24, 2.45) is 11.7 Å². The minimum Gasteiger partial charge on any atom is -0.326 e. The van der Waals surface area contributed by atoms with Gasteiger partial charge in [-0.05, 0) is 38.7 Å². The molecule has 1 aromatic rings. The number of hydrogen-bond acceptors (Lipinski definition) is 2. The molecule has 2 N–H and O–H groups in total. The van der Waals surface area contributed by atoms with Crippen molar-refractivity contribution in [2.75, 3.05) is 0 Å². The summed E-state index contributed by atoms with van der Waals surface area (Å²) in [7, 11) is 0. The van der Waals surface area contributed by atoms with E-state index in [1.165, 1.54) is 37.8 Å². The zero-order valence-electron chi connectivity index (χ0n) is 10.4. The first-order valence-electron chi connectivity index (χ1n) is 6.43. The second-order valence-corrected chi connectivity index (χ2v) is 5.17. The van der Waals surface area contributed by atoms with E-state index in [0.717, 1.165) is 12.2 Å². The van der Waals surface area contributed by atoms with Crippen LogP contribution in [0.4, 0.5) is 0 Å². The molecule has 1 aliphatic carbocycles. The van der Waals surface area contributed by atoms with Crippen molar-refractivity contribution in [2.45, 2.75) is 58.5 Å². The number of hydrogen-bond donors (Lipinski definition) is 1. The van der Waals surface area contributed by atoms with Gasteiger partial charge in [0.25, 0.3) is 0 Å². The summed E-state index contributed by atoms with van der Waals surface area (Å²) in [4.78, 5) is 0. The van der Waals surface area contributed by atoms with Crippen molar-refractivity contribution in [3.05, 3.63) is 17.5 Å². The van der Waals surface area contributed by atoms with Crippen molar-refractivity contribution in [1.29, 1.82) is 0 Å². The quantitative estimate of drug-likeness (QED) is 0.851. The Bertz CT molecular complexity index is 337. The van der Waals surface area contributed by atoms with Gasteiger partial charge in [0, 0.05) is 11.7 Å². The second kappa shape index (κ2) is 5.00. The standard InChI is InChI=1S/C13H23N3/c1-10-8-11(2)16(15-10)9-13(14)12-6-4-3-5-7-12/h8,12-13H,3-7,9,14H2,1-2H3. The first-order chi connectivity index (χ1) is 7.66. The van der Waals surface area contributed by atoms with Gasteiger partial charge in [0.1, 0.15) is 0 Å². The zero-order valence-corrected chi connectivity index (χ0v) is 10.4. The van der Waals surface area contributed by atoms with Crippen LogP contribution in [0.2, 0.25) is 0 Å². The highest BCUT2D eigenvalue weighted by Crippen LogP contribution is 2.26. The maximum Gasteiger partial charge on any atom is 0.0596 e. The molecule has 90 valence electrons. The normalized spacial score (nSPS) is 19.9. The first-order valence-corrected chi connectivity index (χ1v) is 6.43. The van der Waals surface area contributed by atoms with Crippen LogP contribution in [0.1, 0.15) is 43.5 Å². The summed E-state index contributed by atoms with van der Waals surface area (Å²) in [6.07, 6.45) is 6.72. The highest BCUT2D eigenvalue weighted by atomic mass is 15.3. The molecule has 0 saturated heterocycles. The van der Waals surface area contributed by atoms with Gasteiger partial charge < -0.3 is 5.73 Å². The number of rotatable bonds is 3. The van der Waals surface area contributed by atoms with Gasteiger partial charge in [-0.25, -0.2) is 0 Å². The predicted molar refractivity (Wildman–Crippen MR) is 66.3 cm³/mol. The molecule has 1 fully saturated rings. The van der Waals surface area contributed by atoms with Gasteiger partial charge in [-0.2, -0.15) is 5.10 Å². The van der Waals surface area contributed by atoms with E-state index < -0.39 is 0 Å². The fourth-order valence-electron chi connectivity index (χ4n) is 2.77. The Kier molecular flexibility index (Phi) is 3.64. The third-order valence-electron chi connectivity index (χ3n) is 3.74. The van der Waals surface area contributed by atoms with Crippen LogP contribution in [0.3, 0.4) is 0 Å². The SMILES string of the molecule is Cc1cc(C)n(CC(N)C2CCCCC2)n1. The highest BCUT2D eigenvalue weighted by molar-refractivity contribution is 5.06. The lowest BCUT2D eigenvalue weighted by Crippen LogP contribution is -2.36. The van der Waals surface area contributed by atoms with E-state index in [4.69, 9.17) is 5.73 Å². The number of nitrogens with two attached hydrogens (primary N) is 1. The average Bonchev–Trinajstić information content (AvgIpc) is 2.59. The molecule has 1 aliphatic rings. The van der Waals surface area contributed by atoms with Crippen molar-refractivity contribution in [3.63, 3.8) is 0 Å². The molecule has 0 bridgehead atoms.